The summed E-state index contributed by atoms with van der Waals surface area (Å²) in [5.74, 6) is 1.68. The monoisotopic (exact) mass is 304 g/mol. The lowest BCUT2D eigenvalue weighted by Crippen LogP contribution is -2.32. The van der Waals surface area contributed by atoms with Gasteiger partial charge < -0.3 is 9.42 Å². The smallest absolute Gasteiger partial charge is 0.249 e. The molecular formula is C14H16N4O2S. The van der Waals surface area contributed by atoms with E-state index in [2.05, 4.69) is 15.1 Å². The van der Waals surface area contributed by atoms with Crippen LogP contribution < -0.4 is 0 Å². The van der Waals surface area contributed by atoms with Crippen LogP contribution in [0.5, 0.6) is 0 Å². The van der Waals surface area contributed by atoms with Crippen molar-refractivity contribution in [2.45, 2.75) is 18.9 Å². The molecule has 0 aliphatic carbocycles. The number of pyridine rings is 1. The average molecular weight is 304 g/mol. The first-order valence-electron chi connectivity index (χ1n) is 6.82. The first-order chi connectivity index (χ1) is 10.3. The molecule has 0 saturated carbocycles. The Labute approximate surface area is 126 Å². The van der Waals surface area contributed by atoms with Crippen molar-refractivity contribution < 1.29 is 9.32 Å². The molecule has 0 unspecified atom stereocenters. The maximum atomic E-state index is 12.1. The van der Waals surface area contributed by atoms with Crippen LogP contribution in [0.15, 0.2) is 29.0 Å². The third-order valence-electron chi connectivity index (χ3n) is 3.51. The summed E-state index contributed by atoms with van der Waals surface area (Å²) in [5.41, 5.74) is 0.861. The zero-order valence-corrected chi connectivity index (χ0v) is 12.5. The van der Waals surface area contributed by atoms with E-state index in [1.807, 2.05) is 23.3 Å². The SMILES string of the molecule is CSCC(=O)N1CCC[C@H]1c1nc(-c2ccncc2)no1. The number of hydrogen-bond donors (Lipinski definition) is 0. The molecule has 1 atom stereocenters. The first kappa shape index (κ1) is 14.1. The summed E-state index contributed by atoms with van der Waals surface area (Å²) in [6.07, 6.45) is 7.15. The Morgan fingerprint density at radius 1 is 1.48 bits per heavy atom. The van der Waals surface area contributed by atoms with Gasteiger partial charge in [-0.25, -0.2) is 0 Å². The third kappa shape index (κ3) is 2.92. The van der Waals surface area contributed by atoms with Crippen LogP contribution in [0.3, 0.4) is 0 Å². The molecule has 2 aromatic heterocycles. The predicted octanol–water partition coefficient (Wildman–Crippen LogP) is 2.16. The van der Waals surface area contributed by atoms with Crippen molar-refractivity contribution >= 4 is 17.7 Å². The summed E-state index contributed by atoms with van der Waals surface area (Å²) in [6.45, 7) is 0.761. The van der Waals surface area contributed by atoms with Crippen LogP contribution in [0.4, 0.5) is 0 Å². The Morgan fingerprint density at radius 3 is 3.05 bits per heavy atom. The van der Waals surface area contributed by atoms with E-state index in [1.54, 1.807) is 12.4 Å². The van der Waals surface area contributed by atoms with Crippen molar-refractivity contribution in [3.05, 3.63) is 30.4 Å². The summed E-state index contributed by atoms with van der Waals surface area (Å²) in [5, 5.41) is 4.01. The van der Waals surface area contributed by atoms with Gasteiger partial charge in [-0.3, -0.25) is 9.78 Å². The predicted molar refractivity (Wildman–Crippen MR) is 79.6 cm³/mol. The molecule has 3 rings (SSSR count). The van der Waals surface area contributed by atoms with Crippen LogP contribution in [0.2, 0.25) is 0 Å². The van der Waals surface area contributed by atoms with Gasteiger partial charge in [-0.1, -0.05) is 5.16 Å². The Bertz CT molecular complexity index is 616. The summed E-state index contributed by atoms with van der Waals surface area (Å²) in [7, 11) is 0. The highest BCUT2D eigenvalue weighted by Crippen LogP contribution is 2.32. The van der Waals surface area contributed by atoms with Gasteiger partial charge in [0.15, 0.2) is 0 Å². The molecule has 0 N–H and O–H groups in total. The van der Waals surface area contributed by atoms with Crippen molar-refractivity contribution in [3.8, 4) is 11.4 Å². The number of aromatic nitrogens is 3. The lowest BCUT2D eigenvalue weighted by atomic mass is 10.2. The minimum atomic E-state index is -0.0901. The van der Waals surface area contributed by atoms with Gasteiger partial charge >= 0.3 is 0 Å². The zero-order chi connectivity index (χ0) is 14.7. The number of hydrogen-bond acceptors (Lipinski definition) is 6. The summed E-state index contributed by atoms with van der Waals surface area (Å²) >= 11 is 1.53. The van der Waals surface area contributed by atoms with Crippen LogP contribution >= 0.6 is 11.8 Å². The standard InChI is InChI=1S/C14H16N4O2S/c1-21-9-12(19)18-8-2-3-11(18)14-16-13(17-20-14)10-4-6-15-7-5-10/h4-7,11H,2-3,8-9H2,1H3/t11-/m0/s1. The van der Waals surface area contributed by atoms with E-state index in [0.717, 1.165) is 24.9 Å². The number of amides is 1. The summed E-state index contributed by atoms with van der Waals surface area (Å²) in [6, 6.07) is 3.58. The summed E-state index contributed by atoms with van der Waals surface area (Å²) < 4.78 is 5.38. The van der Waals surface area contributed by atoms with Crippen LogP contribution in [-0.4, -0.2) is 44.5 Å². The van der Waals surface area contributed by atoms with Gasteiger partial charge in [0.2, 0.25) is 17.6 Å². The molecule has 1 aliphatic heterocycles. The molecule has 0 radical (unpaired) electrons. The molecule has 7 heteroatoms. The maximum absolute atomic E-state index is 12.1. The Morgan fingerprint density at radius 2 is 2.29 bits per heavy atom. The minimum Gasteiger partial charge on any atom is -0.337 e. The van der Waals surface area contributed by atoms with Gasteiger partial charge in [0.25, 0.3) is 0 Å². The van der Waals surface area contributed by atoms with Gasteiger partial charge in [-0.2, -0.15) is 16.7 Å². The van der Waals surface area contributed by atoms with Gasteiger partial charge in [0, 0.05) is 24.5 Å². The Kier molecular flexibility index (Phi) is 4.19. The van der Waals surface area contributed by atoms with Gasteiger partial charge in [-0.15, -0.1) is 0 Å². The largest absolute Gasteiger partial charge is 0.337 e. The zero-order valence-electron chi connectivity index (χ0n) is 11.7. The third-order valence-corrected chi connectivity index (χ3v) is 4.04. The van der Waals surface area contributed by atoms with Crippen LogP contribution in [0.25, 0.3) is 11.4 Å². The number of carbonyl (C=O) groups is 1. The fourth-order valence-corrected chi connectivity index (χ4v) is 2.93. The van der Waals surface area contributed by atoms with E-state index in [9.17, 15) is 4.79 Å². The molecule has 21 heavy (non-hydrogen) atoms. The molecule has 0 spiro atoms. The fraction of sp³-hybridized carbons (Fsp3) is 0.429. The summed E-state index contributed by atoms with van der Waals surface area (Å²) in [4.78, 5) is 22.4. The Balaban J connectivity index is 1.81. The molecule has 2 aromatic rings. The van der Waals surface area contributed by atoms with E-state index in [0.29, 0.717) is 17.5 Å². The minimum absolute atomic E-state index is 0.0901. The van der Waals surface area contributed by atoms with Crippen molar-refractivity contribution in [2.24, 2.45) is 0 Å². The van der Waals surface area contributed by atoms with E-state index in [-0.39, 0.29) is 11.9 Å². The second-order valence-corrected chi connectivity index (χ2v) is 5.74. The van der Waals surface area contributed by atoms with Crippen molar-refractivity contribution in [1.29, 1.82) is 0 Å². The molecule has 0 aromatic carbocycles. The van der Waals surface area contributed by atoms with E-state index in [1.165, 1.54) is 11.8 Å². The molecule has 1 amide bonds. The van der Waals surface area contributed by atoms with Crippen LogP contribution in [-0.2, 0) is 4.79 Å². The molecule has 110 valence electrons. The van der Waals surface area contributed by atoms with Crippen molar-refractivity contribution in [1.82, 2.24) is 20.0 Å². The Hall–Kier alpha value is -1.89. The normalized spacial score (nSPS) is 18.1. The van der Waals surface area contributed by atoms with E-state index >= 15 is 0 Å². The average Bonchev–Trinajstić information content (AvgIpc) is 3.17. The van der Waals surface area contributed by atoms with Crippen molar-refractivity contribution in [2.75, 3.05) is 18.6 Å². The number of rotatable bonds is 4. The van der Waals surface area contributed by atoms with Gasteiger partial charge in [0.1, 0.15) is 6.04 Å². The van der Waals surface area contributed by atoms with E-state index in [4.69, 9.17) is 4.52 Å². The van der Waals surface area contributed by atoms with E-state index < -0.39 is 0 Å². The number of carbonyl (C=O) groups excluding carboxylic acids is 1. The second-order valence-electron chi connectivity index (χ2n) is 4.87. The second kappa shape index (κ2) is 6.26. The molecule has 0 bridgehead atoms. The molecule has 3 heterocycles. The van der Waals surface area contributed by atoms with Crippen LogP contribution in [0, 0.1) is 0 Å². The molecule has 1 aliphatic rings. The number of nitrogens with zero attached hydrogens (tertiary/aromatic N) is 4. The van der Waals surface area contributed by atoms with Gasteiger partial charge in [0.05, 0.1) is 5.75 Å². The highest BCUT2D eigenvalue weighted by molar-refractivity contribution is 7.99. The number of likely N-dealkylation sites (tertiary alicyclic amines) is 1. The molecule has 1 saturated heterocycles. The first-order valence-corrected chi connectivity index (χ1v) is 8.21. The highest BCUT2D eigenvalue weighted by atomic mass is 32.2. The van der Waals surface area contributed by atoms with Crippen LogP contribution in [0.1, 0.15) is 24.8 Å². The quantitative estimate of drug-likeness (QED) is 0.862. The lowest BCUT2D eigenvalue weighted by Gasteiger charge is -2.21. The molecule has 1 fully saturated rings. The maximum Gasteiger partial charge on any atom is 0.249 e. The fourth-order valence-electron chi connectivity index (χ4n) is 2.52. The highest BCUT2D eigenvalue weighted by Gasteiger charge is 2.33. The molecule has 6 nitrogen and oxygen atoms in total. The van der Waals surface area contributed by atoms with Gasteiger partial charge in [-0.05, 0) is 31.2 Å². The topological polar surface area (TPSA) is 72.1 Å². The lowest BCUT2D eigenvalue weighted by molar-refractivity contribution is -0.129. The van der Waals surface area contributed by atoms with Crippen molar-refractivity contribution in [3.63, 3.8) is 0 Å². The molecular weight excluding hydrogens is 288 g/mol. The number of thioether (sulfide) groups is 1.